The summed E-state index contributed by atoms with van der Waals surface area (Å²) in [6, 6.07) is 13.6. The average molecular weight is 596 g/mol. The molecule has 0 nitrogen and oxygen atoms in total. The van der Waals surface area contributed by atoms with Gasteiger partial charge in [-0.2, -0.15) is 0 Å². The summed E-state index contributed by atoms with van der Waals surface area (Å²) >= 11 is 4.87. The van der Waals surface area contributed by atoms with Crippen LogP contribution >= 0.6 is 31.9 Å². The summed E-state index contributed by atoms with van der Waals surface area (Å²) in [6.07, 6.45) is 8.11. The van der Waals surface area contributed by atoms with Crippen molar-refractivity contribution in [1.82, 2.24) is 0 Å². The van der Waals surface area contributed by atoms with Crippen LogP contribution in [-0.2, 0) is 20.3 Å². The molecule has 0 unspecified atom stereocenters. The minimum Gasteiger partial charge on any atom is -1.00 e. The fourth-order valence-electron chi connectivity index (χ4n) is 4.09. The second kappa shape index (κ2) is 9.23. The number of hydrogen-bond donors (Lipinski definition) is 0. The molecule has 0 bridgehead atoms. The van der Waals surface area contributed by atoms with Crippen molar-refractivity contribution < 1.29 is 45.1 Å². The molecular formula is C21H22Br2Cl2Zr. The van der Waals surface area contributed by atoms with Crippen LogP contribution in [0.25, 0.3) is 11.1 Å². The van der Waals surface area contributed by atoms with E-state index >= 15 is 0 Å². The van der Waals surface area contributed by atoms with Crippen molar-refractivity contribution in [1.29, 1.82) is 0 Å². The van der Waals surface area contributed by atoms with Crippen molar-refractivity contribution in [3.63, 3.8) is 0 Å². The molecule has 4 rings (SSSR count). The molecule has 0 spiro atoms. The fourth-order valence-corrected chi connectivity index (χ4v) is 13.6. The molecule has 2 aliphatic rings. The Morgan fingerprint density at radius 1 is 0.885 bits per heavy atom. The predicted molar refractivity (Wildman–Crippen MR) is 109 cm³/mol. The predicted octanol–water partition coefficient (Wildman–Crippen LogP) is 2.02. The Labute approximate surface area is 191 Å². The summed E-state index contributed by atoms with van der Waals surface area (Å²) in [7, 11) is 0. The summed E-state index contributed by atoms with van der Waals surface area (Å²) in [5, 5.41) is 0. The van der Waals surface area contributed by atoms with Gasteiger partial charge in [-0.3, -0.25) is 0 Å². The van der Waals surface area contributed by atoms with Gasteiger partial charge in [0.1, 0.15) is 0 Å². The monoisotopic (exact) mass is 592 g/mol. The zero-order valence-corrected chi connectivity index (χ0v) is 21.1. The van der Waals surface area contributed by atoms with E-state index in [2.05, 4.69) is 95.7 Å². The van der Waals surface area contributed by atoms with Gasteiger partial charge < -0.3 is 24.8 Å². The van der Waals surface area contributed by atoms with Crippen LogP contribution in [0.2, 0.25) is 9.26 Å². The summed E-state index contributed by atoms with van der Waals surface area (Å²) in [5.74, 6) is 0. The number of allylic oxidation sites excluding steroid dienone is 4. The van der Waals surface area contributed by atoms with Crippen molar-refractivity contribution >= 4 is 31.9 Å². The van der Waals surface area contributed by atoms with E-state index in [1.165, 1.54) is 31.2 Å². The van der Waals surface area contributed by atoms with Crippen LogP contribution in [0.1, 0.15) is 28.6 Å². The maximum Gasteiger partial charge on any atom is -1.00 e. The Kier molecular flexibility index (Phi) is 8.65. The van der Waals surface area contributed by atoms with Gasteiger partial charge in [-0.15, -0.1) is 0 Å². The van der Waals surface area contributed by atoms with Crippen LogP contribution < -0.4 is 24.8 Å². The molecule has 0 atom stereocenters. The van der Waals surface area contributed by atoms with Crippen LogP contribution in [-0.4, -0.2) is 0 Å². The summed E-state index contributed by atoms with van der Waals surface area (Å²) in [6.45, 7) is 0. The minimum atomic E-state index is -2.51. The molecule has 138 valence electrons. The first kappa shape index (κ1) is 24.4. The Balaban J connectivity index is 0.00000113. The van der Waals surface area contributed by atoms with Crippen LogP contribution in [0, 0.1) is 0 Å². The maximum atomic E-state index is 3.69. The van der Waals surface area contributed by atoms with Gasteiger partial charge in [-0.05, 0) is 0 Å². The second-order valence-electron chi connectivity index (χ2n) is 6.94. The summed E-state index contributed by atoms with van der Waals surface area (Å²) < 4.78 is 9.89. The average Bonchev–Trinajstić information content (AvgIpc) is 3.12. The van der Waals surface area contributed by atoms with Gasteiger partial charge in [0.05, 0.1) is 0 Å². The van der Waals surface area contributed by atoms with Gasteiger partial charge in [-0.25, -0.2) is 0 Å². The van der Waals surface area contributed by atoms with Crippen molar-refractivity contribution in [2.45, 2.75) is 26.7 Å². The minimum absolute atomic E-state index is 0. The number of fused-ring (bicyclic) bond motifs is 3. The first-order valence-corrected chi connectivity index (χ1v) is 17.1. The zero-order valence-electron chi connectivity index (χ0n) is 14.0. The zero-order chi connectivity index (χ0) is 16.2. The molecular weight excluding hydrogens is 574 g/mol. The molecule has 0 N–H and O–H groups in total. The van der Waals surface area contributed by atoms with Crippen LogP contribution in [0.5, 0.6) is 0 Å². The Bertz CT molecular complexity index is 821. The van der Waals surface area contributed by atoms with Gasteiger partial charge in [0.15, 0.2) is 0 Å². The first-order valence-electron chi connectivity index (χ1n) is 7.94. The van der Waals surface area contributed by atoms with Crippen LogP contribution in [0.4, 0.5) is 0 Å². The van der Waals surface area contributed by atoms with Gasteiger partial charge in [-0.1, -0.05) is 7.43 Å². The van der Waals surface area contributed by atoms with Crippen LogP contribution in [0.3, 0.4) is 0 Å². The molecule has 26 heavy (non-hydrogen) atoms. The van der Waals surface area contributed by atoms with Crippen LogP contribution in [0.15, 0.2) is 66.9 Å². The Morgan fingerprint density at radius 3 is 1.81 bits per heavy atom. The van der Waals surface area contributed by atoms with Crippen molar-refractivity contribution in [2.75, 3.05) is 0 Å². The Morgan fingerprint density at radius 2 is 1.38 bits per heavy atom. The third kappa shape index (κ3) is 4.03. The van der Waals surface area contributed by atoms with E-state index in [9.17, 15) is 0 Å². The SMILES string of the molecule is C.[CH3][Zr+2]([CH3])([C]1=CC=CC1)[CH]1c2cc(Br)ccc2-c2ccc(Br)cc21.[Cl-].[Cl-]. The van der Waals surface area contributed by atoms with Gasteiger partial charge in [0.2, 0.25) is 0 Å². The maximum absolute atomic E-state index is 3.69. The number of halogens is 4. The van der Waals surface area contributed by atoms with E-state index in [-0.39, 0.29) is 32.2 Å². The molecule has 0 radical (unpaired) electrons. The smallest absolute Gasteiger partial charge is 1.00 e. The Hall–Kier alpha value is 0.343. The number of benzene rings is 2. The molecule has 0 aliphatic heterocycles. The first-order chi connectivity index (χ1) is 11.0. The third-order valence-corrected chi connectivity index (χ3v) is 16.3. The van der Waals surface area contributed by atoms with E-state index < -0.39 is 20.3 Å². The van der Waals surface area contributed by atoms with Crippen molar-refractivity contribution in [3.05, 3.63) is 78.0 Å². The molecule has 5 heteroatoms. The number of hydrogen-bond acceptors (Lipinski definition) is 0. The molecule has 0 amide bonds. The molecule has 0 aromatic heterocycles. The number of rotatable bonds is 2. The molecule has 2 aromatic rings. The second-order valence-corrected chi connectivity index (χ2v) is 20.2. The van der Waals surface area contributed by atoms with E-state index in [0.717, 1.165) is 6.42 Å². The van der Waals surface area contributed by atoms with Crippen molar-refractivity contribution in [3.8, 4) is 11.1 Å². The van der Waals surface area contributed by atoms with E-state index in [4.69, 9.17) is 0 Å². The molecule has 2 aliphatic carbocycles. The molecule has 0 heterocycles. The molecule has 0 saturated heterocycles. The standard InChI is InChI=1S/C13H7Br2.C5H5.CH4.2CH3.2ClH.Zr/c14-10-1-3-12-8(6-10)5-9-7-11(15)2-4-13(9)12;1-2-4-5-3-1;;;;;;/h1-7H;1-3H,4H2;1H4;2*1H3;2*1H;/q;;;;;;;+2/p-2. The fraction of sp³-hybridized carbons (Fsp3) is 0.238. The van der Waals surface area contributed by atoms with E-state index in [1.54, 1.807) is 3.28 Å². The summed E-state index contributed by atoms with van der Waals surface area (Å²) in [4.78, 5) is 0. The third-order valence-electron chi connectivity index (χ3n) is 5.26. The molecule has 0 fully saturated rings. The summed E-state index contributed by atoms with van der Waals surface area (Å²) in [5.41, 5.74) is 5.91. The topological polar surface area (TPSA) is 0 Å². The van der Waals surface area contributed by atoms with Gasteiger partial charge >= 0.3 is 161 Å². The van der Waals surface area contributed by atoms with E-state index in [0.29, 0.717) is 3.63 Å². The van der Waals surface area contributed by atoms with Gasteiger partial charge in [0, 0.05) is 0 Å². The van der Waals surface area contributed by atoms with Gasteiger partial charge in [0.25, 0.3) is 0 Å². The van der Waals surface area contributed by atoms with E-state index in [1.807, 2.05) is 0 Å². The molecule has 0 saturated carbocycles. The van der Waals surface area contributed by atoms with Crippen molar-refractivity contribution in [2.24, 2.45) is 0 Å². The largest absolute Gasteiger partial charge is 1.00 e. The quantitative estimate of drug-likeness (QED) is 0.499. The normalized spacial score (nSPS) is 13.9. The molecule has 2 aromatic carbocycles.